The molecule has 1 heterocycles. The maximum atomic E-state index is 11.2. The Morgan fingerprint density at radius 1 is 1.11 bits per heavy atom. The fourth-order valence-electron chi connectivity index (χ4n) is 2.27. The molecule has 18 heavy (non-hydrogen) atoms. The van der Waals surface area contributed by atoms with Crippen molar-refractivity contribution in [3.05, 3.63) is 12.2 Å². The smallest absolute Gasteiger partial charge is 0.317 e. The Bertz CT molecular complexity index is 294. The van der Waals surface area contributed by atoms with Crippen LogP contribution in [0.2, 0.25) is 0 Å². The molecular formula is C15H24O3. The second-order valence-corrected chi connectivity index (χ2v) is 4.96. The molecule has 1 saturated heterocycles. The molecule has 3 nitrogen and oxygen atoms in total. The summed E-state index contributed by atoms with van der Waals surface area (Å²) in [5.74, 6) is -0.826. The third-order valence-corrected chi connectivity index (χ3v) is 3.37. The SMILES string of the molecule is C/C=C/CCCCCCCCC1CC(=O)OC1=O. The lowest BCUT2D eigenvalue weighted by atomic mass is 9.99. The highest BCUT2D eigenvalue weighted by molar-refractivity contribution is 5.94. The third-order valence-electron chi connectivity index (χ3n) is 3.37. The van der Waals surface area contributed by atoms with Crippen LogP contribution in [0.4, 0.5) is 0 Å². The lowest BCUT2D eigenvalue weighted by Crippen LogP contribution is -2.06. The van der Waals surface area contributed by atoms with Crippen molar-refractivity contribution in [1.82, 2.24) is 0 Å². The standard InChI is InChI=1S/C15H24O3/c1-2-3-4-5-6-7-8-9-10-11-13-12-14(16)18-15(13)17/h2-3,13H,4-12H2,1H3/b3-2+. The molecule has 0 radical (unpaired) electrons. The molecule has 1 aliphatic heterocycles. The van der Waals surface area contributed by atoms with Gasteiger partial charge in [0.15, 0.2) is 0 Å². The van der Waals surface area contributed by atoms with Crippen molar-refractivity contribution in [3.63, 3.8) is 0 Å². The largest absolute Gasteiger partial charge is 0.393 e. The van der Waals surface area contributed by atoms with E-state index in [0.29, 0.717) is 6.42 Å². The van der Waals surface area contributed by atoms with E-state index in [0.717, 1.165) is 19.3 Å². The zero-order valence-corrected chi connectivity index (χ0v) is 11.3. The zero-order chi connectivity index (χ0) is 13.2. The van der Waals surface area contributed by atoms with Gasteiger partial charge in [0.25, 0.3) is 0 Å². The van der Waals surface area contributed by atoms with E-state index in [1.165, 1.54) is 32.1 Å². The lowest BCUT2D eigenvalue weighted by Gasteiger charge is -2.04. The second-order valence-electron chi connectivity index (χ2n) is 4.96. The number of cyclic esters (lactones) is 2. The molecule has 1 fully saturated rings. The number of ether oxygens (including phenoxy) is 1. The number of hydrogen-bond acceptors (Lipinski definition) is 3. The molecule has 0 amide bonds. The van der Waals surface area contributed by atoms with Crippen LogP contribution in [-0.2, 0) is 14.3 Å². The molecule has 0 saturated carbocycles. The van der Waals surface area contributed by atoms with E-state index in [2.05, 4.69) is 23.8 Å². The molecule has 1 rings (SSSR count). The number of carbonyl (C=O) groups is 2. The van der Waals surface area contributed by atoms with Crippen LogP contribution < -0.4 is 0 Å². The first-order valence-electron chi connectivity index (χ1n) is 7.09. The van der Waals surface area contributed by atoms with Crippen LogP contribution in [0.25, 0.3) is 0 Å². The van der Waals surface area contributed by atoms with Gasteiger partial charge >= 0.3 is 11.9 Å². The molecule has 0 bridgehead atoms. The molecule has 1 atom stereocenters. The van der Waals surface area contributed by atoms with Crippen LogP contribution in [-0.4, -0.2) is 11.9 Å². The van der Waals surface area contributed by atoms with Crippen LogP contribution in [0.3, 0.4) is 0 Å². The van der Waals surface area contributed by atoms with Crippen LogP contribution in [0, 0.1) is 5.92 Å². The van der Waals surface area contributed by atoms with E-state index in [9.17, 15) is 9.59 Å². The molecule has 0 aromatic heterocycles. The van der Waals surface area contributed by atoms with Gasteiger partial charge in [0.1, 0.15) is 0 Å². The second kappa shape index (κ2) is 8.90. The quantitative estimate of drug-likeness (QED) is 0.271. The first-order valence-corrected chi connectivity index (χ1v) is 7.09. The van der Waals surface area contributed by atoms with E-state index >= 15 is 0 Å². The summed E-state index contributed by atoms with van der Waals surface area (Å²) in [4.78, 5) is 22.1. The molecule has 0 spiro atoms. The summed E-state index contributed by atoms with van der Waals surface area (Å²) in [6.45, 7) is 2.05. The third kappa shape index (κ3) is 5.99. The highest BCUT2D eigenvalue weighted by Gasteiger charge is 2.32. The van der Waals surface area contributed by atoms with E-state index in [-0.39, 0.29) is 17.9 Å². The Morgan fingerprint density at radius 2 is 1.78 bits per heavy atom. The van der Waals surface area contributed by atoms with Crippen molar-refractivity contribution < 1.29 is 14.3 Å². The Hall–Kier alpha value is -1.12. The van der Waals surface area contributed by atoms with E-state index in [4.69, 9.17) is 0 Å². The van der Waals surface area contributed by atoms with Crippen molar-refractivity contribution in [3.8, 4) is 0 Å². The van der Waals surface area contributed by atoms with Crippen LogP contribution in [0.15, 0.2) is 12.2 Å². The van der Waals surface area contributed by atoms with E-state index in [1.807, 2.05) is 0 Å². The zero-order valence-electron chi connectivity index (χ0n) is 11.3. The average molecular weight is 252 g/mol. The number of esters is 2. The van der Waals surface area contributed by atoms with Gasteiger partial charge in [0.2, 0.25) is 0 Å². The Morgan fingerprint density at radius 3 is 2.39 bits per heavy atom. The minimum atomic E-state index is -0.353. The summed E-state index contributed by atoms with van der Waals surface area (Å²) in [7, 11) is 0. The van der Waals surface area contributed by atoms with Gasteiger partial charge in [0.05, 0.1) is 12.3 Å². The van der Waals surface area contributed by atoms with Crippen LogP contribution >= 0.6 is 0 Å². The highest BCUT2D eigenvalue weighted by atomic mass is 16.6. The molecule has 0 aromatic carbocycles. The van der Waals surface area contributed by atoms with Gasteiger partial charge in [-0.1, -0.05) is 44.3 Å². The number of hydrogen-bond donors (Lipinski definition) is 0. The lowest BCUT2D eigenvalue weighted by molar-refractivity contribution is -0.153. The van der Waals surface area contributed by atoms with Crippen LogP contribution in [0.5, 0.6) is 0 Å². The molecular weight excluding hydrogens is 228 g/mol. The molecule has 0 N–H and O–H groups in total. The summed E-state index contributed by atoms with van der Waals surface area (Å²) in [5, 5.41) is 0. The van der Waals surface area contributed by atoms with Crippen molar-refractivity contribution in [2.24, 2.45) is 5.92 Å². The van der Waals surface area contributed by atoms with Crippen LogP contribution in [0.1, 0.15) is 64.7 Å². The Labute approximate surface area is 110 Å². The minimum absolute atomic E-state index is 0.160. The van der Waals surface area contributed by atoms with Gasteiger partial charge in [-0.05, 0) is 26.2 Å². The topological polar surface area (TPSA) is 43.4 Å². The van der Waals surface area contributed by atoms with Gasteiger partial charge in [0, 0.05) is 0 Å². The fourth-order valence-corrected chi connectivity index (χ4v) is 2.27. The average Bonchev–Trinajstić information content (AvgIpc) is 2.66. The highest BCUT2D eigenvalue weighted by Crippen LogP contribution is 2.22. The summed E-state index contributed by atoms with van der Waals surface area (Å²) >= 11 is 0. The van der Waals surface area contributed by atoms with Gasteiger partial charge in [-0.15, -0.1) is 0 Å². The van der Waals surface area contributed by atoms with Crippen molar-refractivity contribution in [2.45, 2.75) is 64.7 Å². The van der Waals surface area contributed by atoms with E-state index < -0.39 is 0 Å². The molecule has 102 valence electrons. The van der Waals surface area contributed by atoms with Crippen molar-refractivity contribution >= 4 is 11.9 Å². The number of rotatable bonds is 9. The van der Waals surface area contributed by atoms with Gasteiger partial charge in [-0.25, -0.2) is 0 Å². The Balaban J connectivity index is 1.90. The van der Waals surface area contributed by atoms with E-state index in [1.54, 1.807) is 0 Å². The molecule has 0 aromatic rings. The fraction of sp³-hybridized carbons (Fsp3) is 0.733. The van der Waals surface area contributed by atoms with Crippen molar-refractivity contribution in [2.75, 3.05) is 0 Å². The number of carbonyl (C=O) groups excluding carboxylic acids is 2. The number of allylic oxidation sites excluding steroid dienone is 2. The van der Waals surface area contributed by atoms with Gasteiger partial charge < -0.3 is 4.74 Å². The Kier molecular flexibility index (Phi) is 7.38. The first-order chi connectivity index (χ1) is 8.74. The number of unbranched alkanes of at least 4 members (excludes halogenated alkanes) is 6. The van der Waals surface area contributed by atoms with Gasteiger partial charge in [-0.2, -0.15) is 0 Å². The molecule has 3 heteroatoms. The van der Waals surface area contributed by atoms with Crippen molar-refractivity contribution in [1.29, 1.82) is 0 Å². The minimum Gasteiger partial charge on any atom is -0.393 e. The molecule has 1 unspecified atom stereocenters. The van der Waals surface area contributed by atoms with Gasteiger partial charge in [-0.3, -0.25) is 9.59 Å². The predicted molar refractivity (Wildman–Crippen MR) is 71.0 cm³/mol. The maximum Gasteiger partial charge on any atom is 0.317 e. The molecule has 0 aliphatic carbocycles. The summed E-state index contributed by atoms with van der Waals surface area (Å²) < 4.78 is 4.52. The first kappa shape index (κ1) is 14.9. The monoisotopic (exact) mass is 252 g/mol. The summed E-state index contributed by atoms with van der Waals surface area (Å²) in [6.07, 6.45) is 13.8. The predicted octanol–water partition coefficient (Wildman–Crippen LogP) is 3.77. The summed E-state index contributed by atoms with van der Waals surface area (Å²) in [5.41, 5.74) is 0. The maximum absolute atomic E-state index is 11.2. The molecule has 1 aliphatic rings. The normalized spacial score (nSPS) is 19.7. The summed E-state index contributed by atoms with van der Waals surface area (Å²) in [6, 6.07) is 0.